The number of benzene rings is 1. The van der Waals surface area contributed by atoms with Crippen LogP contribution in [0.3, 0.4) is 0 Å². The van der Waals surface area contributed by atoms with Gasteiger partial charge in [-0.25, -0.2) is 0 Å². The average molecular weight is 167 g/mol. The van der Waals surface area contributed by atoms with Gasteiger partial charge in [0.25, 0.3) is 0 Å². The third-order valence-corrected chi connectivity index (χ3v) is 1.35. The van der Waals surface area contributed by atoms with E-state index in [1.165, 1.54) is 0 Å². The first-order chi connectivity index (χ1) is 5.86. The highest BCUT2D eigenvalue weighted by Gasteiger charge is 1.88. The molecule has 0 atom stereocenters. The van der Waals surface area contributed by atoms with Crippen molar-refractivity contribution < 1.29 is 9.90 Å². The van der Waals surface area contributed by atoms with Gasteiger partial charge in [-0.15, -0.1) is 0 Å². The number of rotatable bonds is 2. The van der Waals surface area contributed by atoms with Crippen molar-refractivity contribution >= 4 is 6.29 Å². The van der Waals surface area contributed by atoms with Crippen LogP contribution in [-0.4, -0.2) is 18.5 Å². The van der Waals surface area contributed by atoms with E-state index in [1.807, 2.05) is 12.1 Å². The van der Waals surface area contributed by atoms with Crippen molar-refractivity contribution in [3.63, 3.8) is 0 Å². The van der Waals surface area contributed by atoms with Crippen LogP contribution in [-0.2, 0) is 6.54 Å². The van der Waals surface area contributed by atoms with Gasteiger partial charge in [0, 0.05) is 19.2 Å². The Balaban J connectivity index is 0.000000561. The molecule has 66 valence electrons. The normalized spacial score (nSPS) is 8.25. The van der Waals surface area contributed by atoms with Crippen LogP contribution in [0.4, 0.5) is 0 Å². The van der Waals surface area contributed by atoms with Crippen LogP contribution in [0.5, 0.6) is 0 Å². The van der Waals surface area contributed by atoms with Crippen LogP contribution in [0.2, 0.25) is 0 Å². The summed E-state index contributed by atoms with van der Waals surface area (Å²) in [5.41, 5.74) is 7.09. The third kappa shape index (κ3) is 3.27. The van der Waals surface area contributed by atoms with Gasteiger partial charge in [0.2, 0.25) is 0 Å². The molecule has 0 aliphatic rings. The Hall–Kier alpha value is -1.19. The lowest BCUT2D eigenvalue weighted by Crippen LogP contribution is -1.95. The quantitative estimate of drug-likeness (QED) is 0.633. The molecule has 3 N–H and O–H groups in total. The van der Waals surface area contributed by atoms with Crippen molar-refractivity contribution in [2.24, 2.45) is 5.73 Å². The molecular formula is C9H13NO2. The summed E-state index contributed by atoms with van der Waals surface area (Å²) in [5.74, 6) is 0. The molecule has 3 nitrogen and oxygen atoms in total. The minimum atomic E-state index is 0.527. The molecule has 1 rings (SSSR count). The monoisotopic (exact) mass is 167 g/mol. The van der Waals surface area contributed by atoms with E-state index >= 15 is 0 Å². The molecule has 0 heterocycles. The number of aliphatic hydroxyl groups is 1. The fourth-order valence-corrected chi connectivity index (χ4v) is 0.732. The molecule has 0 bridgehead atoms. The molecule has 0 fully saturated rings. The molecule has 0 unspecified atom stereocenters. The smallest absolute Gasteiger partial charge is 0.150 e. The van der Waals surface area contributed by atoms with Gasteiger partial charge in [0.05, 0.1) is 0 Å². The maximum absolute atomic E-state index is 10.2. The Bertz CT molecular complexity index is 218. The molecular weight excluding hydrogens is 154 g/mol. The van der Waals surface area contributed by atoms with Gasteiger partial charge in [-0.2, -0.15) is 0 Å². The first kappa shape index (κ1) is 10.8. The number of carbonyl (C=O) groups excluding carboxylic acids is 1. The van der Waals surface area contributed by atoms with Crippen molar-refractivity contribution in [3.8, 4) is 0 Å². The fourth-order valence-electron chi connectivity index (χ4n) is 0.732. The predicted molar refractivity (Wildman–Crippen MR) is 47.9 cm³/mol. The first-order valence-electron chi connectivity index (χ1n) is 3.55. The first-order valence-corrected chi connectivity index (χ1v) is 3.55. The highest BCUT2D eigenvalue weighted by Crippen LogP contribution is 2.00. The number of nitrogens with two attached hydrogens (primary N) is 1. The summed E-state index contributed by atoms with van der Waals surface area (Å²) >= 11 is 0. The van der Waals surface area contributed by atoms with E-state index in [9.17, 15) is 4.79 Å². The van der Waals surface area contributed by atoms with Crippen LogP contribution in [0, 0.1) is 0 Å². The van der Waals surface area contributed by atoms with Gasteiger partial charge in [-0.3, -0.25) is 4.79 Å². The Morgan fingerprint density at radius 3 is 2.17 bits per heavy atom. The van der Waals surface area contributed by atoms with Crippen molar-refractivity contribution in [2.45, 2.75) is 6.54 Å². The summed E-state index contributed by atoms with van der Waals surface area (Å²) in [6.07, 6.45) is 0.820. The Morgan fingerprint density at radius 2 is 1.83 bits per heavy atom. The predicted octanol–water partition coefficient (Wildman–Crippen LogP) is 0.566. The van der Waals surface area contributed by atoms with Crippen LogP contribution < -0.4 is 5.73 Å². The highest BCUT2D eigenvalue weighted by molar-refractivity contribution is 5.74. The van der Waals surface area contributed by atoms with Crippen LogP contribution in [0.25, 0.3) is 0 Å². The molecule has 0 amide bonds. The summed E-state index contributed by atoms with van der Waals surface area (Å²) in [6, 6.07) is 7.22. The third-order valence-electron chi connectivity index (χ3n) is 1.35. The van der Waals surface area contributed by atoms with Crippen molar-refractivity contribution in [1.82, 2.24) is 0 Å². The van der Waals surface area contributed by atoms with Gasteiger partial charge in [-0.05, 0) is 5.56 Å². The molecule has 1 aromatic rings. The maximum atomic E-state index is 10.2. The largest absolute Gasteiger partial charge is 0.400 e. The molecule has 0 radical (unpaired) electrons. The fraction of sp³-hybridized carbons (Fsp3) is 0.222. The molecule has 0 spiro atoms. The van der Waals surface area contributed by atoms with Crippen molar-refractivity contribution in [3.05, 3.63) is 35.4 Å². The minimum absolute atomic E-state index is 0.527. The van der Waals surface area contributed by atoms with E-state index in [2.05, 4.69) is 0 Å². The number of carbonyl (C=O) groups is 1. The second-order valence-corrected chi connectivity index (χ2v) is 2.06. The van der Waals surface area contributed by atoms with Gasteiger partial charge in [0.1, 0.15) is 6.29 Å². The van der Waals surface area contributed by atoms with E-state index in [0.29, 0.717) is 12.1 Å². The van der Waals surface area contributed by atoms with Crippen LogP contribution in [0.15, 0.2) is 24.3 Å². The van der Waals surface area contributed by atoms with E-state index in [-0.39, 0.29) is 0 Å². The molecule has 0 saturated heterocycles. The minimum Gasteiger partial charge on any atom is -0.400 e. The lowest BCUT2D eigenvalue weighted by atomic mass is 10.1. The zero-order valence-corrected chi connectivity index (χ0v) is 7.03. The standard InChI is InChI=1S/C8H9NO.CH4O/c9-5-7-1-3-8(6-10)4-2-7;1-2/h1-4,6H,5,9H2;2H,1H3. The zero-order valence-electron chi connectivity index (χ0n) is 7.03. The van der Waals surface area contributed by atoms with Gasteiger partial charge in [0.15, 0.2) is 0 Å². The zero-order chi connectivity index (χ0) is 9.40. The van der Waals surface area contributed by atoms with Crippen LogP contribution >= 0.6 is 0 Å². The number of aldehydes is 1. The highest BCUT2D eigenvalue weighted by atomic mass is 16.2. The summed E-state index contributed by atoms with van der Waals surface area (Å²) in [4.78, 5) is 10.2. The van der Waals surface area contributed by atoms with E-state index in [4.69, 9.17) is 10.8 Å². The number of hydrogen-bond acceptors (Lipinski definition) is 3. The lowest BCUT2D eigenvalue weighted by Gasteiger charge is -1.93. The Kier molecular flexibility index (Phi) is 5.87. The van der Waals surface area contributed by atoms with E-state index in [1.54, 1.807) is 12.1 Å². The van der Waals surface area contributed by atoms with Crippen molar-refractivity contribution in [1.29, 1.82) is 0 Å². The summed E-state index contributed by atoms with van der Waals surface area (Å²) in [6.45, 7) is 0.527. The molecule has 0 aliphatic heterocycles. The van der Waals surface area contributed by atoms with E-state index in [0.717, 1.165) is 19.0 Å². The molecule has 3 heteroatoms. The maximum Gasteiger partial charge on any atom is 0.150 e. The van der Waals surface area contributed by atoms with Gasteiger partial charge < -0.3 is 10.8 Å². The topological polar surface area (TPSA) is 63.3 Å². The van der Waals surface area contributed by atoms with Gasteiger partial charge in [-0.1, -0.05) is 24.3 Å². The average Bonchev–Trinajstić information content (AvgIpc) is 2.21. The Morgan fingerprint density at radius 1 is 1.33 bits per heavy atom. The summed E-state index contributed by atoms with van der Waals surface area (Å²) in [7, 11) is 1.00. The second-order valence-electron chi connectivity index (χ2n) is 2.06. The summed E-state index contributed by atoms with van der Waals surface area (Å²) in [5, 5.41) is 7.00. The number of aliphatic hydroxyl groups excluding tert-OH is 1. The Labute approximate surface area is 71.8 Å². The van der Waals surface area contributed by atoms with Gasteiger partial charge >= 0.3 is 0 Å². The molecule has 0 aliphatic carbocycles. The lowest BCUT2D eigenvalue weighted by molar-refractivity contribution is 0.112. The van der Waals surface area contributed by atoms with Crippen molar-refractivity contribution in [2.75, 3.05) is 7.11 Å². The molecule has 0 aromatic heterocycles. The molecule has 12 heavy (non-hydrogen) atoms. The molecule has 0 saturated carbocycles. The second kappa shape index (κ2) is 6.52. The molecule has 1 aromatic carbocycles. The number of hydrogen-bond donors (Lipinski definition) is 2. The SMILES string of the molecule is CO.NCc1ccc(C=O)cc1. The van der Waals surface area contributed by atoms with Crippen LogP contribution in [0.1, 0.15) is 15.9 Å². The van der Waals surface area contributed by atoms with E-state index < -0.39 is 0 Å². The summed E-state index contributed by atoms with van der Waals surface area (Å²) < 4.78 is 0.